The van der Waals surface area contributed by atoms with E-state index in [1.165, 1.54) is 38.5 Å². The van der Waals surface area contributed by atoms with Crippen LogP contribution in [-0.4, -0.2) is 47.1 Å². The molecule has 0 atom stereocenters. The minimum Gasteiger partial charge on any atom is -0.354 e. The molecule has 0 aromatic carbocycles. The zero-order valence-corrected chi connectivity index (χ0v) is 12.3. The minimum atomic E-state index is -0.384. The number of hydrazine groups is 1. The molecule has 0 aliphatic carbocycles. The Labute approximate surface area is 124 Å². The molecule has 116 valence electrons. The minimum absolute atomic E-state index is 0.254. The van der Waals surface area contributed by atoms with Crippen LogP contribution in [0.15, 0.2) is 6.20 Å². The first-order valence-electron chi connectivity index (χ1n) is 7.76. The molecule has 0 unspecified atom stereocenters. The lowest BCUT2D eigenvalue weighted by Gasteiger charge is -2.40. The fourth-order valence-corrected chi connectivity index (χ4v) is 3.38. The first kappa shape index (κ1) is 14.5. The van der Waals surface area contributed by atoms with E-state index in [0.717, 1.165) is 25.9 Å². The van der Waals surface area contributed by atoms with Crippen LogP contribution < -0.4 is 16.2 Å². The van der Waals surface area contributed by atoms with E-state index in [-0.39, 0.29) is 11.8 Å². The molecule has 2 fully saturated rings. The van der Waals surface area contributed by atoms with E-state index in [9.17, 15) is 4.39 Å². The van der Waals surface area contributed by atoms with Crippen LogP contribution in [0.1, 0.15) is 32.1 Å². The van der Waals surface area contributed by atoms with E-state index in [2.05, 4.69) is 20.3 Å². The first-order valence-corrected chi connectivity index (χ1v) is 7.76. The topological polar surface area (TPSA) is 70.3 Å². The molecule has 3 N–H and O–H groups in total. The molecule has 7 heteroatoms. The third-order valence-corrected chi connectivity index (χ3v) is 4.53. The van der Waals surface area contributed by atoms with Crippen molar-refractivity contribution in [1.82, 2.24) is 14.9 Å². The van der Waals surface area contributed by atoms with Crippen LogP contribution in [0.2, 0.25) is 0 Å². The Balaban J connectivity index is 1.62. The maximum Gasteiger partial charge on any atom is 0.239 e. The molecular formula is C14H23FN6. The summed E-state index contributed by atoms with van der Waals surface area (Å²) in [6, 6.07) is 0.638. The van der Waals surface area contributed by atoms with Gasteiger partial charge >= 0.3 is 0 Å². The highest BCUT2D eigenvalue weighted by atomic mass is 19.1. The molecule has 0 spiro atoms. The van der Waals surface area contributed by atoms with Crippen molar-refractivity contribution in [2.45, 2.75) is 38.1 Å². The molecule has 2 aliphatic heterocycles. The highest BCUT2D eigenvalue weighted by Crippen LogP contribution is 2.25. The quantitative estimate of drug-likeness (QED) is 0.648. The number of halogens is 1. The summed E-state index contributed by atoms with van der Waals surface area (Å²) in [6.45, 7) is 4.10. The Morgan fingerprint density at radius 3 is 2.52 bits per heavy atom. The van der Waals surface area contributed by atoms with E-state index in [1.54, 1.807) is 0 Å². The Hall–Kier alpha value is -1.47. The second-order valence-corrected chi connectivity index (χ2v) is 5.82. The number of nitrogens with two attached hydrogens (primary N) is 1. The second kappa shape index (κ2) is 6.53. The van der Waals surface area contributed by atoms with E-state index in [1.807, 2.05) is 4.90 Å². The fraction of sp³-hybridized carbons (Fsp3) is 0.714. The lowest BCUT2D eigenvalue weighted by atomic mass is 10.00. The van der Waals surface area contributed by atoms with Crippen molar-refractivity contribution in [2.24, 2.45) is 5.84 Å². The zero-order valence-electron chi connectivity index (χ0n) is 12.3. The summed E-state index contributed by atoms with van der Waals surface area (Å²) in [5.41, 5.74) is 2.37. The van der Waals surface area contributed by atoms with Gasteiger partial charge in [0.25, 0.3) is 0 Å². The predicted octanol–water partition coefficient (Wildman–Crippen LogP) is 1.36. The van der Waals surface area contributed by atoms with Gasteiger partial charge in [-0.3, -0.25) is 5.43 Å². The van der Waals surface area contributed by atoms with Gasteiger partial charge in [-0.25, -0.2) is 15.2 Å². The number of rotatable bonds is 3. The van der Waals surface area contributed by atoms with Gasteiger partial charge in [0.05, 0.1) is 6.20 Å². The molecule has 1 aromatic rings. The maximum absolute atomic E-state index is 13.9. The normalized spacial score (nSPS) is 21.5. The summed E-state index contributed by atoms with van der Waals surface area (Å²) in [5.74, 6) is 5.52. The molecule has 3 rings (SSSR count). The van der Waals surface area contributed by atoms with Gasteiger partial charge in [-0.15, -0.1) is 0 Å². The molecule has 6 nitrogen and oxygen atoms in total. The van der Waals surface area contributed by atoms with Crippen LogP contribution in [0.4, 0.5) is 16.2 Å². The predicted molar refractivity (Wildman–Crippen MR) is 80.5 cm³/mol. The monoisotopic (exact) mass is 294 g/mol. The van der Waals surface area contributed by atoms with Crippen molar-refractivity contribution >= 4 is 11.8 Å². The highest BCUT2D eigenvalue weighted by Gasteiger charge is 2.27. The van der Waals surface area contributed by atoms with Gasteiger partial charge in [0.1, 0.15) is 0 Å². The smallest absolute Gasteiger partial charge is 0.239 e. The highest BCUT2D eigenvalue weighted by molar-refractivity contribution is 5.44. The average molecular weight is 294 g/mol. The number of nitrogens with one attached hydrogen (secondary N) is 1. The second-order valence-electron chi connectivity index (χ2n) is 5.82. The molecule has 1 aromatic heterocycles. The molecule has 0 saturated carbocycles. The number of nitrogens with zero attached hydrogens (tertiary/aromatic N) is 4. The third-order valence-electron chi connectivity index (χ3n) is 4.53. The third kappa shape index (κ3) is 3.24. The van der Waals surface area contributed by atoms with Crippen molar-refractivity contribution in [2.75, 3.05) is 36.5 Å². The molecule has 2 saturated heterocycles. The van der Waals surface area contributed by atoms with Crippen LogP contribution in [0.25, 0.3) is 0 Å². The van der Waals surface area contributed by atoms with Crippen LogP contribution in [0.3, 0.4) is 0 Å². The number of piperidine rings is 2. The summed E-state index contributed by atoms with van der Waals surface area (Å²) >= 11 is 0. The number of nitrogen functional groups attached to an aromatic ring is 1. The lowest BCUT2D eigenvalue weighted by molar-refractivity contribution is 0.141. The molecule has 0 amide bonds. The summed E-state index contributed by atoms with van der Waals surface area (Å²) in [7, 11) is 0. The molecule has 2 aliphatic rings. The van der Waals surface area contributed by atoms with E-state index < -0.39 is 0 Å². The van der Waals surface area contributed by atoms with E-state index in [4.69, 9.17) is 5.84 Å². The first-order chi connectivity index (χ1) is 10.3. The Bertz CT molecular complexity index is 469. The van der Waals surface area contributed by atoms with E-state index in [0.29, 0.717) is 11.9 Å². The van der Waals surface area contributed by atoms with Gasteiger partial charge in [0.15, 0.2) is 11.6 Å². The Morgan fingerprint density at radius 2 is 1.86 bits per heavy atom. The summed E-state index contributed by atoms with van der Waals surface area (Å²) < 4.78 is 13.9. The number of hydrogen-bond donors (Lipinski definition) is 2. The van der Waals surface area contributed by atoms with Gasteiger partial charge in [0.2, 0.25) is 5.95 Å². The number of hydrogen-bond acceptors (Lipinski definition) is 6. The molecule has 0 bridgehead atoms. The maximum atomic E-state index is 13.9. The molecular weight excluding hydrogens is 271 g/mol. The van der Waals surface area contributed by atoms with Gasteiger partial charge in [0, 0.05) is 19.1 Å². The summed E-state index contributed by atoms with van der Waals surface area (Å²) in [6.07, 6.45) is 7.28. The molecule has 0 radical (unpaired) electrons. The van der Waals surface area contributed by atoms with Gasteiger partial charge < -0.3 is 9.80 Å². The van der Waals surface area contributed by atoms with Crippen molar-refractivity contribution in [3.05, 3.63) is 12.0 Å². The molecule has 21 heavy (non-hydrogen) atoms. The van der Waals surface area contributed by atoms with Crippen molar-refractivity contribution < 1.29 is 4.39 Å². The van der Waals surface area contributed by atoms with Crippen molar-refractivity contribution in [3.63, 3.8) is 0 Å². The van der Waals surface area contributed by atoms with Gasteiger partial charge in [-0.1, -0.05) is 6.42 Å². The van der Waals surface area contributed by atoms with Gasteiger partial charge in [-0.05, 0) is 38.8 Å². The zero-order chi connectivity index (χ0) is 14.7. The Morgan fingerprint density at radius 1 is 1.14 bits per heavy atom. The standard InChI is InChI=1S/C14H23FN6/c15-12-10-17-14(19-16)18-13(12)21-8-4-11(5-9-21)20-6-2-1-3-7-20/h10-11H,1-9,16H2,(H,17,18,19). The van der Waals surface area contributed by atoms with Crippen molar-refractivity contribution in [1.29, 1.82) is 0 Å². The van der Waals surface area contributed by atoms with Crippen molar-refractivity contribution in [3.8, 4) is 0 Å². The lowest BCUT2D eigenvalue weighted by Crippen LogP contribution is -2.47. The van der Waals surface area contributed by atoms with Crippen LogP contribution in [0, 0.1) is 5.82 Å². The molecule has 3 heterocycles. The van der Waals surface area contributed by atoms with E-state index >= 15 is 0 Å². The number of anilines is 2. The SMILES string of the molecule is NNc1ncc(F)c(N2CCC(N3CCCCC3)CC2)n1. The van der Waals surface area contributed by atoms with Crippen LogP contribution in [0.5, 0.6) is 0 Å². The summed E-state index contributed by atoms with van der Waals surface area (Å²) in [5, 5.41) is 0. The largest absolute Gasteiger partial charge is 0.354 e. The average Bonchev–Trinajstić information content (AvgIpc) is 2.56. The fourth-order valence-electron chi connectivity index (χ4n) is 3.38. The Kier molecular flexibility index (Phi) is 4.50. The van der Waals surface area contributed by atoms with Crippen LogP contribution >= 0.6 is 0 Å². The van der Waals surface area contributed by atoms with Crippen LogP contribution in [-0.2, 0) is 0 Å². The van der Waals surface area contributed by atoms with Gasteiger partial charge in [-0.2, -0.15) is 4.98 Å². The summed E-state index contributed by atoms with van der Waals surface area (Å²) in [4.78, 5) is 12.5. The number of aromatic nitrogens is 2. The number of likely N-dealkylation sites (tertiary alicyclic amines) is 1.